The molecule has 0 radical (unpaired) electrons. The fraction of sp³-hybridized carbons (Fsp3) is 0.462. The molecule has 1 aliphatic heterocycles. The number of anilines is 1. The van der Waals surface area contributed by atoms with Crippen molar-refractivity contribution in [3.8, 4) is 0 Å². The maximum atomic E-state index is 8.84. The molecular weight excluding hydrogens is 230 g/mol. The van der Waals surface area contributed by atoms with E-state index in [0.717, 1.165) is 36.3 Å². The van der Waals surface area contributed by atoms with Crippen LogP contribution in [-0.2, 0) is 4.74 Å². The molecule has 1 aromatic carbocycles. The van der Waals surface area contributed by atoms with E-state index in [4.69, 9.17) is 15.7 Å². The Balaban J connectivity index is 2.34. The molecule has 5 nitrogen and oxygen atoms in total. The molecule has 0 aliphatic carbocycles. The topological polar surface area (TPSA) is 71.1 Å². The van der Waals surface area contributed by atoms with E-state index in [2.05, 4.69) is 16.1 Å². The summed E-state index contributed by atoms with van der Waals surface area (Å²) < 4.78 is 5.37. The Morgan fingerprint density at radius 3 is 2.94 bits per heavy atom. The summed E-state index contributed by atoms with van der Waals surface area (Å²) in [6, 6.07) is 5.91. The maximum absolute atomic E-state index is 8.84. The predicted octanol–water partition coefficient (Wildman–Crippen LogP) is 1.31. The van der Waals surface area contributed by atoms with Gasteiger partial charge < -0.3 is 20.6 Å². The molecule has 1 atom stereocenters. The lowest BCUT2D eigenvalue weighted by Gasteiger charge is -2.22. The summed E-state index contributed by atoms with van der Waals surface area (Å²) in [7, 11) is 1.73. The Morgan fingerprint density at radius 2 is 2.33 bits per heavy atom. The molecule has 1 saturated heterocycles. The average molecular weight is 249 g/mol. The summed E-state index contributed by atoms with van der Waals surface area (Å²) in [5.41, 5.74) is 8.64. The number of ether oxygens (including phenoxy) is 1. The summed E-state index contributed by atoms with van der Waals surface area (Å²) >= 11 is 0. The zero-order chi connectivity index (χ0) is 13.1. The number of benzene rings is 1. The minimum atomic E-state index is 0.144. The number of aryl methyl sites for hydroxylation is 1. The van der Waals surface area contributed by atoms with Gasteiger partial charge in [0.05, 0.1) is 6.10 Å². The second-order valence-electron chi connectivity index (χ2n) is 4.60. The van der Waals surface area contributed by atoms with Crippen LogP contribution in [0.1, 0.15) is 17.5 Å². The van der Waals surface area contributed by atoms with Crippen LogP contribution in [0.5, 0.6) is 0 Å². The normalized spacial score (nSPS) is 20.4. The highest BCUT2D eigenvalue weighted by Crippen LogP contribution is 2.26. The lowest BCUT2D eigenvalue weighted by atomic mass is 10.1. The van der Waals surface area contributed by atoms with Gasteiger partial charge in [0.1, 0.15) is 0 Å². The van der Waals surface area contributed by atoms with Crippen molar-refractivity contribution in [3.63, 3.8) is 0 Å². The largest absolute Gasteiger partial charge is 0.409 e. The van der Waals surface area contributed by atoms with E-state index in [1.165, 1.54) is 0 Å². The summed E-state index contributed by atoms with van der Waals surface area (Å²) in [5, 5.41) is 11.9. The minimum absolute atomic E-state index is 0.144. The minimum Gasteiger partial charge on any atom is -0.409 e. The third kappa shape index (κ3) is 2.41. The monoisotopic (exact) mass is 249 g/mol. The highest BCUT2D eigenvalue weighted by atomic mass is 16.5. The van der Waals surface area contributed by atoms with Crippen LogP contribution < -0.4 is 10.6 Å². The molecule has 5 heteroatoms. The van der Waals surface area contributed by atoms with E-state index < -0.39 is 0 Å². The lowest BCUT2D eigenvalue weighted by molar-refractivity contribution is 0.121. The van der Waals surface area contributed by atoms with E-state index in [1.54, 1.807) is 7.11 Å². The quantitative estimate of drug-likeness (QED) is 0.367. The third-order valence-corrected chi connectivity index (χ3v) is 3.36. The molecule has 1 aromatic rings. The van der Waals surface area contributed by atoms with Gasteiger partial charge in [-0.25, -0.2) is 0 Å². The number of rotatable bonds is 3. The highest BCUT2D eigenvalue weighted by molar-refractivity contribution is 6.02. The van der Waals surface area contributed by atoms with Crippen LogP contribution in [0, 0.1) is 6.92 Å². The molecule has 98 valence electrons. The highest BCUT2D eigenvalue weighted by Gasteiger charge is 2.24. The van der Waals surface area contributed by atoms with Crippen molar-refractivity contribution < 1.29 is 9.94 Å². The molecule has 2 rings (SSSR count). The number of nitrogens with two attached hydrogens (primary N) is 1. The molecule has 0 saturated carbocycles. The lowest BCUT2D eigenvalue weighted by Crippen LogP contribution is -2.26. The zero-order valence-electron chi connectivity index (χ0n) is 10.8. The van der Waals surface area contributed by atoms with Gasteiger partial charge in [-0.05, 0) is 31.0 Å². The molecule has 18 heavy (non-hydrogen) atoms. The number of amidine groups is 1. The number of methoxy groups -OCH3 is 1. The Bertz CT molecular complexity index is 460. The second kappa shape index (κ2) is 5.27. The first kappa shape index (κ1) is 12.7. The van der Waals surface area contributed by atoms with Crippen molar-refractivity contribution in [2.75, 3.05) is 25.1 Å². The fourth-order valence-corrected chi connectivity index (χ4v) is 2.31. The fourth-order valence-electron chi connectivity index (χ4n) is 2.31. The average Bonchev–Trinajstić information content (AvgIpc) is 2.86. The van der Waals surface area contributed by atoms with Crippen molar-refractivity contribution in [3.05, 3.63) is 29.3 Å². The molecule has 1 heterocycles. The van der Waals surface area contributed by atoms with E-state index in [-0.39, 0.29) is 11.9 Å². The van der Waals surface area contributed by atoms with Crippen molar-refractivity contribution in [1.82, 2.24) is 0 Å². The van der Waals surface area contributed by atoms with Gasteiger partial charge in [0.25, 0.3) is 0 Å². The molecule has 1 aliphatic rings. The molecule has 3 N–H and O–H groups in total. The van der Waals surface area contributed by atoms with Gasteiger partial charge in [0.2, 0.25) is 0 Å². The van der Waals surface area contributed by atoms with Gasteiger partial charge in [-0.3, -0.25) is 0 Å². The van der Waals surface area contributed by atoms with Crippen LogP contribution in [0.4, 0.5) is 5.69 Å². The maximum Gasteiger partial charge on any atom is 0.172 e. The Labute approximate surface area is 107 Å². The molecule has 0 bridgehead atoms. The van der Waals surface area contributed by atoms with E-state index in [9.17, 15) is 0 Å². The Kier molecular flexibility index (Phi) is 3.72. The van der Waals surface area contributed by atoms with E-state index in [0.29, 0.717) is 0 Å². The van der Waals surface area contributed by atoms with Gasteiger partial charge in [0.15, 0.2) is 5.84 Å². The summed E-state index contributed by atoms with van der Waals surface area (Å²) in [6.07, 6.45) is 1.26. The molecule has 0 aromatic heterocycles. The standard InChI is InChI=1S/C13H19N3O2/c1-9-3-4-11(13(14)15-17)12(7-9)16-6-5-10(8-16)18-2/h3-4,7,10,17H,5-6,8H2,1-2H3,(H2,14,15). The zero-order valence-corrected chi connectivity index (χ0v) is 10.8. The summed E-state index contributed by atoms with van der Waals surface area (Å²) in [4.78, 5) is 2.22. The van der Waals surface area contributed by atoms with Crippen molar-refractivity contribution in [2.45, 2.75) is 19.4 Å². The SMILES string of the molecule is COC1CCN(c2cc(C)ccc2/C(N)=N/O)C1. The number of hydrogen-bond acceptors (Lipinski definition) is 4. The summed E-state index contributed by atoms with van der Waals surface area (Å²) in [5.74, 6) is 0.144. The molecule has 0 amide bonds. The van der Waals surface area contributed by atoms with E-state index in [1.807, 2.05) is 19.1 Å². The van der Waals surface area contributed by atoms with Crippen LogP contribution in [0.25, 0.3) is 0 Å². The number of hydrogen-bond donors (Lipinski definition) is 2. The van der Waals surface area contributed by atoms with Gasteiger partial charge in [-0.1, -0.05) is 11.2 Å². The van der Waals surface area contributed by atoms with Crippen LogP contribution >= 0.6 is 0 Å². The second-order valence-corrected chi connectivity index (χ2v) is 4.60. The third-order valence-electron chi connectivity index (χ3n) is 3.36. The molecule has 1 fully saturated rings. The Morgan fingerprint density at radius 1 is 1.56 bits per heavy atom. The van der Waals surface area contributed by atoms with Crippen molar-refractivity contribution >= 4 is 11.5 Å². The smallest absolute Gasteiger partial charge is 0.172 e. The van der Waals surface area contributed by atoms with Crippen LogP contribution in [-0.4, -0.2) is 37.3 Å². The van der Waals surface area contributed by atoms with Gasteiger partial charge in [-0.2, -0.15) is 0 Å². The molecule has 1 unspecified atom stereocenters. The first-order chi connectivity index (χ1) is 8.65. The van der Waals surface area contributed by atoms with Crippen molar-refractivity contribution in [1.29, 1.82) is 0 Å². The Hall–Kier alpha value is -1.75. The first-order valence-electron chi connectivity index (χ1n) is 6.02. The molecular formula is C13H19N3O2. The summed E-state index contributed by atoms with van der Waals surface area (Å²) in [6.45, 7) is 3.79. The van der Waals surface area contributed by atoms with Crippen molar-refractivity contribution in [2.24, 2.45) is 10.9 Å². The molecule has 0 spiro atoms. The number of nitrogens with zero attached hydrogens (tertiary/aromatic N) is 2. The van der Waals surface area contributed by atoms with Crippen LogP contribution in [0.2, 0.25) is 0 Å². The number of oxime groups is 1. The predicted molar refractivity (Wildman–Crippen MR) is 71.3 cm³/mol. The van der Waals surface area contributed by atoms with Gasteiger partial charge in [0, 0.05) is 31.5 Å². The van der Waals surface area contributed by atoms with Crippen LogP contribution in [0.3, 0.4) is 0 Å². The van der Waals surface area contributed by atoms with Crippen LogP contribution in [0.15, 0.2) is 23.4 Å². The van der Waals surface area contributed by atoms with E-state index >= 15 is 0 Å². The van der Waals surface area contributed by atoms with Gasteiger partial charge in [-0.15, -0.1) is 0 Å². The first-order valence-corrected chi connectivity index (χ1v) is 6.02. The van der Waals surface area contributed by atoms with Gasteiger partial charge >= 0.3 is 0 Å².